The van der Waals surface area contributed by atoms with Gasteiger partial charge in [-0.3, -0.25) is 9.59 Å². The molecular formula is C25H30FN2O5+. The number of nitrogens with zero attached hydrogens (tertiary/aromatic N) is 1. The molecule has 1 heterocycles. The molecule has 0 unspecified atom stereocenters. The average Bonchev–Trinajstić information content (AvgIpc) is 3.09. The number of hydrogen-bond donors (Lipinski definition) is 2. The minimum Gasteiger partial charge on any atom is -0.507 e. The molecular weight excluding hydrogens is 427 g/mol. The van der Waals surface area contributed by atoms with Gasteiger partial charge in [0.15, 0.2) is 11.6 Å². The van der Waals surface area contributed by atoms with Gasteiger partial charge in [0.1, 0.15) is 11.5 Å². The van der Waals surface area contributed by atoms with Gasteiger partial charge in [0.25, 0.3) is 11.7 Å². The fraction of sp³-hybridized carbons (Fsp3) is 0.360. The summed E-state index contributed by atoms with van der Waals surface area (Å²) in [5.74, 6) is -1.94. The Morgan fingerprint density at radius 1 is 1.06 bits per heavy atom. The number of halogens is 1. The lowest BCUT2D eigenvalue weighted by Crippen LogP contribution is -3.12. The summed E-state index contributed by atoms with van der Waals surface area (Å²) in [4.78, 5) is 28.9. The second kappa shape index (κ2) is 10.5. The number of quaternary nitrogens is 1. The van der Waals surface area contributed by atoms with Crippen molar-refractivity contribution in [3.05, 3.63) is 65.0 Å². The van der Waals surface area contributed by atoms with Crippen molar-refractivity contribution in [2.45, 2.75) is 19.9 Å². The molecule has 7 nitrogen and oxygen atoms in total. The van der Waals surface area contributed by atoms with Crippen molar-refractivity contribution in [3.63, 3.8) is 0 Å². The van der Waals surface area contributed by atoms with Crippen molar-refractivity contribution < 1.29 is 33.5 Å². The number of benzene rings is 2. The van der Waals surface area contributed by atoms with Gasteiger partial charge in [0.05, 0.1) is 52.0 Å². The van der Waals surface area contributed by atoms with Crippen molar-refractivity contribution in [1.29, 1.82) is 0 Å². The molecule has 0 spiro atoms. The molecule has 2 N–H and O–H groups in total. The first-order valence-electron chi connectivity index (χ1n) is 11.0. The average molecular weight is 458 g/mol. The Balaban J connectivity index is 2.10. The van der Waals surface area contributed by atoms with Gasteiger partial charge in [-0.15, -0.1) is 0 Å². The summed E-state index contributed by atoms with van der Waals surface area (Å²) in [6.45, 7) is 6.89. The summed E-state index contributed by atoms with van der Waals surface area (Å²) in [5, 5.41) is 11.1. The van der Waals surface area contributed by atoms with Crippen LogP contribution in [0.4, 0.5) is 4.39 Å². The molecule has 0 saturated carbocycles. The van der Waals surface area contributed by atoms with E-state index in [0.717, 1.165) is 19.2 Å². The summed E-state index contributed by atoms with van der Waals surface area (Å²) in [6, 6.07) is 10.1. The molecule has 0 aromatic heterocycles. The second-order valence-corrected chi connectivity index (χ2v) is 7.82. The van der Waals surface area contributed by atoms with Crippen LogP contribution in [0.3, 0.4) is 0 Å². The highest BCUT2D eigenvalue weighted by molar-refractivity contribution is 6.46. The third-order valence-electron chi connectivity index (χ3n) is 6.10. The molecule has 33 heavy (non-hydrogen) atoms. The molecule has 0 bridgehead atoms. The van der Waals surface area contributed by atoms with E-state index in [9.17, 15) is 19.1 Å². The highest BCUT2D eigenvalue weighted by Gasteiger charge is 2.46. The predicted octanol–water partition coefficient (Wildman–Crippen LogP) is 2.19. The first-order chi connectivity index (χ1) is 15.9. The molecule has 0 aliphatic carbocycles. The quantitative estimate of drug-likeness (QED) is 0.343. The number of ether oxygens (including phenoxy) is 2. The Kier molecular flexibility index (Phi) is 7.71. The number of rotatable bonds is 9. The fourth-order valence-electron chi connectivity index (χ4n) is 4.09. The number of aliphatic hydroxyl groups is 1. The monoisotopic (exact) mass is 457 g/mol. The SMILES string of the molecule is CC[NH+](CC)CCN1C(=O)C(=O)C(=C(O)c2ccc(OC)c(F)c2)[C@H]1c1ccc(OC)cc1. The summed E-state index contributed by atoms with van der Waals surface area (Å²) in [5.41, 5.74) is 0.684. The van der Waals surface area contributed by atoms with Crippen LogP contribution in [-0.4, -0.2) is 62.1 Å². The standard InChI is InChI=1S/C25H29FN2O5/c1-5-27(6-2)13-14-28-22(16-7-10-18(32-3)11-8-16)21(24(30)25(28)31)23(29)17-9-12-20(33-4)19(26)15-17/h7-12,15,22,29H,5-6,13-14H2,1-4H3/p+1/t22-/m1/s1. The smallest absolute Gasteiger partial charge is 0.295 e. The molecule has 8 heteroatoms. The van der Waals surface area contributed by atoms with Crippen molar-refractivity contribution >= 4 is 17.4 Å². The number of ketones is 1. The van der Waals surface area contributed by atoms with Gasteiger partial charge in [-0.25, -0.2) is 4.39 Å². The largest absolute Gasteiger partial charge is 0.507 e. The number of carbonyl (C=O) groups is 2. The van der Waals surface area contributed by atoms with Crippen LogP contribution in [0.2, 0.25) is 0 Å². The Hall–Kier alpha value is -3.39. The Morgan fingerprint density at radius 2 is 1.73 bits per heavy atom. The molecule has 1 aliphatic heterocycles. The van der Waals surface area contributed by atoms with Gasteiger partial charge < -0.3 is 24.4 Å². The topological polar surface area (TPSA) is 80.5 Å². The van der Waals surface area contributed by atoms with Crippen LogP contribution in [0.15, 0.2) is 48.0 Å². The van der Waals surface area contributed by atoms with Gasteiger partial charge in [-0.2, -0.15) is 0 Å². The van der Waals surface area contributed by atoms with E-state index >= 15 is 0 Å². The molecule has 1 saturated heterocycles. The van der Waals surface area contributed by atoms with Gasteiger partial charge in [0, 0.05) is 5.56 Å². The van der Waals surface area contributed by atoms with Crippen LogP contribution < -0.4 is 14.4 Å². The zero-order valence-corrected chi connectivity index (χ0v) is 19.4. The number of carbonyl (C=O) groups excluding carboxylic acids is 2. The van der Waals surface area contributed by atoms with E-state index in [2.05, 4.69) is 13.8 Å². The van der Waals surface area contributed by atoms with Crippen LogP contribution in [0.25, 0.3) is 5.76 Å². The van der Waals surface area contributed by atoms with Crippen LogP contribution >= 0.6 is 0 Å². The molecule has 2 aromatic carbocycles. The molecule has 1 amide bonds. The first-order valence-corrected chi connectivity index (χ1v) is 11.0. The lowest BCUT2D eigenvalue weighted by Gasteiger charge is -2.27. The van der Waals surface area contributed by atoms with E-state index in [1.165, 1.54) is 29.0 Å². The Labute approximate surface area is 193 Å². The van der Waals surface area contributed by atoms with E-state index in [-0.39, 0.29) is 16.9 Å². The number of aliphatic hydroxyl groups excluding tert-OH is 1. The maximum atomic E-state index is 14.3. The summed E-state index contributed by atoms with van der Waals surface area (Å²) < 4.78 is 24.5. The van der Waals surface area contributed by atoms with Crippen LogP contribution in [0.1, 0.15) is 31.0 Å². The number of methoxy groups -OCH3 is 2. The molecule has 2 aromatic rings. The van der Waals surface area contributed by atoms with Crippen LogP contribution in [0.5, 0.6) is 11.5 Å². The minimum absolute atomic E-state index is 0.0147. The van der Waals surface area contributed by atoms with Crippen molar-refractivity contribution in [3.8, 4) is 11.5 Å². The molecule has 1 atom stereocenters. The van der Waals surface area contributed by atoms with Crippen LogP contribution in [0, 0.1) is 5.82 Å². The number of likely N-dealkylation sites (N-methyl/N-ethyl adjacent to an activating group) is 1. The molecule has 0 radical (unpaired) electrons. The van der Waals surface area contributed by atoms with E-state index in [4.69, 9.17) is 9.47 Å². The van der Waals surface area contributed by atoms with E-state index < -0.39 is 29.3 Å². The van der Waals surface area contributed by atoms with Gasteiger partial charge in [-0.1, -0.05) is 12.1 Å². The maximum Gasteiger partial charge on any atom is 0.295 e. The number of hydrogen-bond acceptors (Lipinski definition) is 5. The number of amides is 1. The summed E-state index contributed by atoms with van der Waals surface area (Å²) in [6.07, 6.45) is 0. The minimum atomic E-state index is -0.795. The van der Waals surface area contributed by atoms with Gasteiger partial charge in [0.2, 0.25) is 0 Å². The second-order valence-electron chi connectivity index (χ2n) is 7.82. The van der Waals surface area contributed by atoms with Crippen molar-refractivity contribution in [1.82, 2.24) is 4.90 Å². The zero-order chi connectivity index (χ0) is 24.1. The number of likely N-dealkylation sites (tertiary alicyclic amines) is 1. The zero-order valence-electron chi connectivity index (χ0n) is 19.4. The third-order valence-corrected chi connectivity index (χ3v) is 6.10. The Morgan fingerprint density at radius 3 is 2.27 bits per heavy atom. The van der Waals surface area contributed by atoms with Crippen LogP contribution in [-0.2, 0) is 9.59 Å². The van der Waals surface area contributed by atoms with Gasteiger partial charge in [-0.05, 0) is 49.7 Å². The summed E-state index contributed by atoms with van der Waals surface area (Å²) in [7, 11) is 2.89. The lowest BCUT2D eigenvalue weighted by molar-refractivity contribution is -0.895. The molecule has 176 valence electrons. The number of nitrogens with one attached hydrogen (secondary N) is 1. The lowest BCUT2D eigenvalue weighted by atomic mass is 9.95. The molecule has 1 aliphatic rings. The predicted molar refractivity (Wildman–Crippen MR) is 122 cm³/mol. The molecule has 1 fully saturated rings. The normalized spacial score (nSPS) is 17.6. The first kappa shape index (κ1) is 24.3. The number of Topliss-reactive ketones (excluding diaryl/α,β-unsaturated/α-hetero) is 1. The van der Waals surface area contributed by atoms with E-state index in [0.29, 0.717) is 24.4 Å². The van der Waals surface area contributed by atoms with Crippen molar-refractivity contribution in [2.75, 3.05) is 40.4 Å². The maximum absolute atomic E-state index is 14.3. The van der Waals surface area contributed by atoms with Gasteiger partial charge >= 0.3 is 0 Å². The highest BCUT2D eigenvalue weighted by atomic mass is 19.1. The third kappa shape index (κ3) is 4.85. The highest BCUT2D eigenvalue weighted by Crippen LogP contribution is 2.39. The summed E-state index contributed by atoms with van der Waals surface area (Å²) >= 11 is 0. The fourth-order valence-corrected chi connectivity index (χ4v) is 4.09. The van der Waals surface area contributed by atoms with Crippen molar-refractivity contribution in [2.24, 2.45) is 0 Å². The van der Waals surface area contributed by atoms with E-state index in [1.54, 1.807) is 31.4 Å². The Bertz CT molecular complexity index is 1050. The molecule has 3 rings (SSSR count). The van der Waals surface area contributed by atoms with E-state index in [1.807, 2.05) is 0 Å².